The molecule has 0 radical (unpaired) electrons. The van der Waals surface area contributed by atoms with E-state index < -0.39 is 0 Å². The molecule has 0 aliphatic rings. The molecule has 0 amide bonds. The minimum Gasteiger partial charge on any atom is -0.552 e. The molecular formula is C19H20N7O+. The number of hydrogen-bond donors (Lipinski definition) is 2. The first-order chi connectivity index (χ1) is 13.1. The van der Waals surface area contributed by atoms with E-state index in [2.05, 4.69) is 55.1 Å². The lowest BCUT2D eigenvalue weighted by molar-refractivity contribution is 0.493. The molecule has 8 nitrogen and oxygen atoms in total. The summed E-state index contributed by atoms with van der Waals surface area (Å²) in [6.45, 7) is 2.52. The second kappa shape index (κ2) is 6.91. The molecule has 0 aliphatic heterocycles. The molecule has 0 aliphatic carbocycles. The Morgan fingerprint density at radius 3 is 2.44 bits per heavy atom. The molecule has 0 fully saturated rings. The molecule has 0 atom stereocenters. The summed E-state index contributed by atoms with van der Waals surface area (Å²) in [5.41, 5.74) is 14.4. The Kier molecular flexibility index (Phi) is 4.29. The van der Waals surface area contributed by atoms with Gasteiger partial charge in [0.2, 0.25) is 17.3 Å². The smallest absolute Gasteiger partial charge is 0.240 e. The Bertz CT molecular complexity index is 1070. The Balaban J connectivity index is 1.46. The largest absolute Gasteiger partial charge is 0.552 e. The van der Waals surface area contributed by atoms with Gasteiger partial charge in [0.05, 0.1) is 18.5 Å². The number of nitrogens with zero attached hydrogens (tertiary/aromatic N) is 5. The van der Waals surface area contributed by atoms with Crippen LogP contribution in [0.4, 0.5) is 11.6 Å². The van der Waals surface area contributed by atoms with E-state index in [4.69, 9.17) is 11.5 Å². The zero-order chi connectivity index (χ0) is 18.8. The van der Waals surface area contributed by atoms with Crippen molar-refractivity contribution in [1.29, 1.82) is 0 Å². The third-order valence-corrected chi connectivity index (χ3v) is 4.21. The van der Waals surface area contributed by atoms with E-state index in [0.29, 0.717) is 23.8 Å². The van der Waals surface area contributed by atoms with Crippen molar-refractivity contribution in [3.63, 3.8) is 0 Å². The topological polar surface area (TPSA) is 121 Å². The predicted molar refractivity (Wildman–Crippen MR) is 103 cm³/mol. The number of benzene rings is 1. The van der Waals surface area contributed by atoms with Crippen molar-refractivity contribution in [3.05, 3.63) is 71.2 Å². The van der Waals surface area contributed by atoms with Gasteiger partial charge < -0.3 is 15.9 Å². The van der Waals surface area contributed by atoms with E-state index >= 15 is 0 Å². The van der Waals surface area contributed by atoms with Crippen LogP contribution in [0.2, 0.25) is 0 Å². The van der Waals surface area contributed by atoms with Gasteiger partial charge in [0.15, 0.2) is 0 Å². The highest BCUT2D eigenvalue weighted by atomic mass is 16.3. The van der Waals surface area contributed by atoms with Gasteiger partial charge in [0, 0.05) is 19.1 Å². The number of furan rings is 1. The zero-order valence-corrected chi connectivity index (χ0v) is 14.9. The van der Waals surface area contributed by atoms with Gasteiger partial charge in [-0.25, -0.2) is 4.98 Å². The second-order valence-corrected chi connectivity index (χ2v) is 6.38. The van der Waals surface area contributed by atoms with Crippen LogP contribution in [0.3, 0.4) is 0 Å². The summed E-state index contributed by atoms with van der Waals surface area (Å²) >= 11 is 0. The molecule has 5 N–H and O–H groups in total. The van der Waals surface area contributed by atoms with Gasteiger partial charge in [0.25, 0.3) is 0 Å². The number of tetrazole rings is 1. The fourth-order valence-electron chi connectivity index (χ4n) is 2.85. The quantitative estimate of drug-likeness (QED) is 0.526. The Morgan fingerprint density at radius 1 is 0.963 bits per heavy atom. The first-order valence-electron chi connectivity index (χ1n) is 8.54. The number of aromatic nitrogens is 5. The van der Waals surface area contributed by atoms with Crippen LogP contribution in [0.1, 0.15) is 22.6 Å². The van der Waals surface area contributed by atoms with Crippen molar-refractivity contribution >= 4 is 11.6 Å². The maximum Gasteiger partial charge on any atom is 0.240 e. The average Bonchev–Trinajstić information content (AvgIpc) is 3.26. The highest BCUT2D eigenvalue weighted by molar-refractivity contribution is 5.69. The maximum absolute atomic E-state index is 5.88. The van der Waals surface area contributed by atoms with Crippen LogP contribution < -0.4 is 11.5 Å². The number of pyridine rings is 1. The molecule has 4 rings (SSSR count). The van der Waals surface area contributed by atoms with Crippen molar-refractivity contribution in [2.24, 2.45) is 0 Å². The highest BCUT2D eigenvalue weighted by Crippen LogP contribution is 2.21. The lowest BCUT2D eigenvalue weighted by Gasteiger charge is -2.02. The van der Waals surface area contributed by atoms with Crippen LogP contribution in [-0.2, 0) is 13.0 Å². The number of nitrogens with two attached hydrogens (primary N) is 2. The number of hydrogen-bond acceptors (Lipinski definition) is 6. The lowest BCUT2D eigenvalue weighted by Crippen LogP contribution is -2.04. The fourth-order valence-corrected chi connectivity index (χ4v) is 2.85. The average molecular weight is 362 g/mol. The molecule has 0 bridgehead atoms. The summed E-state index contributed by atoms with van der Waals surface area (Å²) < 4.78 is 4.48. The highest BCUT2D eigenvalue weighted by Gasteiger charge is 2.11. The number of anilines is 2. The summed E-state index contributed by atoms with van der Waals surface area (Å²) in [4.78, 5) is 5.55. The lowest BCUT2D eigenvalue weighted by atomic mass is 10.1. The van der Waals surface area contributed by atoms with E-state index in [0.717, 1.165) is 23.5 Å². The SMILES string of the molecule is Cc1ccc(Cc2ccc(Cn3nnc(-c4ccc(N)nc4N)n3)cc2)[oH+]1. The molecule has 0 spiro atoms. The molecule has 4 aromatic rings. The Morgan fingerprint density at radius 2 is 1.74 bits per heavy atom. The van der Waals surface area contributed by atoms with Crippen molar-refractivity contribution in [2.75, 3.05) is 11.5 Å². The van der Waals surface area contributed by atoms with Crippen molar-refractivity contribution in [2.45, 2.75) is 19.9 Å². The molecule has 1 aromatic carbocycles. The molecule has 136 valence electrons. The van der Waals surface area contributed by atoms with Crippen LogP contribution in [0.5, 0.6) is 0 Å². The molecular weight excluding hydrogens is 342 g/mol. The summed E-state index contributed by atoms with van der Waals surface area (Å²) in [5, 5.41) is 12.5. The molecule has 3 aromatic heterocycles. The summed E-state index contributed by atoms with van der Waals surface area (Å²) in [5.74, 6) is 3.20. The van der Waals surface area contributed by atoms with Gasteiger partial charge in [-0.05, 0) is 28.5 Å². The maximum atomic E-state index is 5.88. The first kappa shape index (κ1) is 16.8. The van der Waals surface area contributed by atoms with E-state index in [1.54, 1.807) is 12.1 Å². The summed E-state index contributed by atoms with van der Waals surface area (Å²) in [7, 11) is 0. The van der Waals surface area contributed by atoms with E-state index in [-0.39, 0.29) is 5.82 Å². The molecule has 3 heterocycles. The number of rotatable bonds is 5. The number of aryl methyl sites for hydroxylation is 1. The standard InChI is InChI=1S/C19H19N7O/c1-12-2-7-15(27-12)10-13-3-5-14(6-4-13)11-26-24-19(23-25-26)16-8-9-17(20)22-18(16)21/h2-9H,10-11H2,1H3,(H4,20,21,22)/p+1. The van der Waals surface area contributed by atoms with Crippen molar-refractivity contribution < 1.29 is 4.42 Å². The van der Waals surface area contributed by atoms with Gasteiger partial charge in [0.1, 0.15) is 11.6 Å². The van der Waals surface area contributed by atoms with Gasteiger partial charge >= 0.3 is 0 Å². The minimum absolute atomic E-state index is 0.287. The van der Waals surface area contributed by atoms with Crippen LogP contribution in [0.15, 0.2) is 52.9 Å². The summed E-state index contributed by atoms with van der Waals surface area (Å²) in [6, 6.07) is 15.8. The molecule has 27 heavy (non-hydrogen) atoms. The molecule has 8 heteroatoms. The van der Waals surface area contributed by atoms with Crippen LogP contribution >= 0.6 is 0 Å². The van der Waals surface area contributed by atoms with Gasteiger partial charge in [-0.15, -0.1) is 10.2 Å². The molecule has 0 saturated carbocycles. The Hall–Kier alpha value is -3.68. The Labute approximate surface area is 155 Å². The first-order valence-corrected chi connectivity index (χ1v) is 8.54. The monoisotopic (exact) mass is 362 g/mol. The van der Waals surface area contributed by atoms with E-state index in [9.17, 15) is 0 Å². The number of nitrogen functional groups attached to an aromatic ring is 2. The van der Waals surface area contributed by atoms with Crippen LogP contribution in [-0.4, -0.2) is 25.2 Å². The minimum atomic E-state index is 0.287. The third-order valence-electron chi connectivity index (χ3n) is 4.21. The van der Waals surface area contributed by atoms with Crippen LogP contribution in [0, 0.1) is 6.92 Å². The third kappa shape index (κ3) is 3.79. The normalized spacial score (nSPS) is 11.0. The van der Waals surface area contributed by atoms with Gasteiger partial charge in [-0.1, -0.05) is 24.3 Å². The van der Waals surface area contributed by atoms with E-state index in [1.807, 2.05) is 13.0 Å². The van der Waals surface area contributed by atoms with Crippen molar-refractivity contribution in [3.8, 4) is 11.4 Å². The second-order valence-electron chi connectivity index (χ2n) is 6.38. The van der Waals surface area contributed by atoms with Crippen molar-refractivity contribution in [1.82, 2.24) is 25.2 Å². The predicted octanol–water partition coefficient (Wildman–Crippen LogP) is 2.55. The fraction of sp³-hybridized carbons (Fsp3) is 0.158. The van der Waals surface area contributed by atoms with Gasteiger partial charge in [-0.2, -0.15) is 4.80 Å². The molecule has 0 unspecified atom stereocenters. The summed E-state index contributed by atoms with van der Waals surface area (Å²) in [6.07, 6.45) is 0.823. The van der Waals surface area contributed by atoms with Gasteiger partial charge in [-0.3, -0.25) is 0 Å². The molecule has 0 saturated heterocycles. The zero-order valence-electron chi connectivity index (χ0n) is 14.9. The van der Waals surface area contributed by atoms with E-state index in [1.165, 1.54) is 10.4 Å². The van der Waals surface area contributed by atoms with Crippen LogP contribution in [0.25, 0.3) is 11.4 Å².